The standard InChI is InChI=1S/C26H27FN4O3/c1-15(14-32)30-24-20(26(33)31(2)3)9-16(11-22(24)27)17-10-19-21(13-29-25(19)28-12-17)18-7-5-6-8-23(18)34-4/h5-13,15,30,32H,14H2,1-4H3,(H,28,29). The van der Waals surface area contributed by atoms with Crippen LogP contribution in [0.25, 0.3) is 33.3 Å². The lowest BCUT2D eigenvalue weighted by Gasteiger charge is -2.20. The molecule has 0 bridgehead atoms. The van der Waals surface area contributed by atoms with E-state index in [-0.39, 0.29) is 23.8 Å². The van der Waals surface area contributed by atoms with Crippen molar-refractivity contribution in [3.8, 4) is 28.0 Å². The zero-order valence-corrected chi connectivity index (χ0v) is 19.5. The Morgan fingerprint density at radius 2 is 1.97 bits per heavy atom. The van der Waals surface area contributed by atoms with E-state index in [1.54, 1.807) is 40.4 Å². The molecule has 2 aromatic carbocycles. The number of aliphatic hydroxyl groups excluding tert-OH is 1. The lowest BCUT2D eigenvalue weighted by molar-refractivity contribution is 0.0828. The number of pyridine rings is 1. The molecule has 4 rings (SSSR count). The van der Waals surface area contributed by atoms with E-state index < -0.39 is 11.9 Å². The molecule has 0 aliphatic rings. The Bertz CT molecular complexity index is 1350. The van der Waals surface area contributed by atoms with Gasteiger partial charge in [0.2, 0.25) is 0 Å². The lowest BCUT2D eigenvalue weighted by Crippen LogP contribution is -2.26. The van der Waals surface area contributed by atoms with E-state index in [1.807, 2.05) is 36.5 Å². The lowest BCUT2D eigenvalue weighted by atomic mass is 9.99. The normalized spacial score (nSPS) is 11.9. The number of carbonyl (C=O) groups excluding carboxylic acids is 1. The van der Waals surface area contributed by atoms with Crippen LogP contribution < -0.4 is 10.1 Å². The van der Waals surface area contributed by atoms with Gasteiger partial charge in [0.15, 0.2) is 0 Å². The number of nitrogens with one attached hydrogen (secondary N) is 2. The summed E-state index contributed by atoms with van der Waals surface area (Å²) in [6.07, 6.45) is 3.51. The smallest absolute Gasteiger partial charge is 0.255 e. The first-order valence-corrected chi connectivity index (χ1v) is 10.9. The van der Waals surface area contributed by atoms with Gasteiger partial charge in [-0.15, -0.1) is 0 Å². The van der Waals surface area contributed by atoms with Gasteiger partial charge in [-0.05, 0) is 36.8 Å². The van der Waals surface area contributed by atoms with Crippen LogP contribution in [0.15, 0.2) is 54.9 Å². The molecule has 0 fully saturated rings. The van der Waals surface area contributed by atoms with Crippen LogP contribution in [0.5, 0.6) is 5.75 Å². The molecule has 176 valence electrons. The van der Waals surface area contributed by atoms with Gasteiger partial charge in [-0.2, -0.15) is 0 Å². The average Bonchev–Trinajstić information content (AvgIpc) is 3.27. The second kappa shape index (κ2) is 9.52. The van der Waals surface area contributed by atoms with Crippen LogP contribution in [0.3, 0.4) is 0 Å². The second-order valence-corrected chi connectivity index (χ2v) is 8.33. The van der Waals surface area contributed by atoms with E-state index in [9.17, 15) is 9.90 Å². The number of amides is 1. The van der Waals surface area contributed by atoms with Gasteiger partial charge in [0.25, 0.3) is 5.91 Å². The first-order valence-electron chi connectivity index (χ1n) is 10.9. The van der Waals surface area contributed by atoms with Crippen molar-refractivity contribution in [2.75, 3.05) is 33.1 Å². The SMILES string of the molecule is COc1ccccc1-c1c[nH]c2ncc(-c3cc(F)c(NC(C)CO)c(C(=O)N(C)C)c3)cc12. The zero-order chi connectivity index (χ0) is 24.4. The second-order valence-electron chi connectivity index (χ2n) is 8.33. The summed E-state index contributed by atoms with van der Waals surface area (Å²) < 4.78 is 20.8. The van der Waals surface area contributed by atoms with E-state index in [0.29, 0.717) is 16.8 Å². The summed E-state index contributed by atoms with van der Waals surface area (Å²) in [5, 5.41) is 13.1. The summed E-state index contributed by atoms with van der Waals surface area (Å²) >= 11 is 0. The number of ether oxygens (including phenoxy) is 1. The van der Waals surface area contributed by atoms with E-state index in [0.717, 1.165) is 22.3 Å². The minimum absolute atomic E-state index is 0.0643. The number of H-pyrrole nitrogens is 1. The number of methoxy groups -OCH3 is 1. The predicted molar refractivity (Wildman–Crippen MR) is 132 cm³/mol. The van der Waals surface area contributed by atoms with Gasteiger partial charge in [0.1, 0.15) is 17.2 Å². The summed E-state index contributed by atoms with van der Waals surface area (Å²) in [5.41, 5.74) is 3.92. The monoisotopic (exact) mass is 462 g/mol. The Morgan fingerprint density at radius 3 is 2.68 bits per heavy atom. The molecule has 0 aliphatic carbocycles. The number of hydrogen-bond donors (Lipinski definition) is 3. The van der Waals surface area contributed by atoms with Crippen LogP contribution in [0.1, 0.15) is 17.3 Å². The van der Waals surface area contributed by atoms with Crippen LogP contribution in [-0.4, -0.2) is 59.7 Å². The summed E-state index contributed by atoms with van der Waals surface area (Å²) in [6.45, 7) is 1.51. The highest BCUT2D eigenvalue weighted by Crippen LogP contribution is 2.37. The van der Waals surface area contributed by atoms with Crippen LogP contribution in [-0.2, 0) is 0 Å². The van der Waals surface area contributed by atoms with Gasteiger partial charge in [0.05, 0.1) is 25.0 Å². The third-order valence-electron chi connectivity index (χ3n) is 5.65. The summed E-state index contributed by atoms with van der Waals surface area (Å²) in [4.78, 5) is 22.0. The molecule has 2 aromatic heterocycles. The molecule has 4 aromatic rings. The number of nitrogens with zero attached hydrogens (tertiary/aromatic N) is 2. The molecule has 0 saturated heterocycles. The number of anilines is 1. The summed E-state index contributed by atoms with van der Waals surface area (Å²) in [6, 6.07) is 12.2. The molecular formula is C26H27FN4O3. The fourth-order valence-electron chi connectivity index (χ4n) is 3.87. The van der Waals surface area contributed by atoms with Gasteiger partial charge < -0.3 is 25.0 Å². The van der Waals surface area contributed by atoms with Crippen molar-refractivity contribution in [3.05, 3.63) is 66.2 Å². The molecule has 8 heteroatoms. The van der Waals surface area contributed by atoms with E-state index >= 15 is 4.39 Å². The maximum Gasteiger partial charge on any atom is 0.255 e. The molecular weight excluding hydrogens is 435 g/mol. The zero-order valence-electron chi connectivity index (χ0n) is 19.5. The number of rotatable bonds is 7. The Balaban J connectivity index is 1.86. The number of aromatic nitrogens is 2. The fraction of sp³-hybridized carbons (Fsp3) is 0.231. The first-order chi connectivity index (χ1) is 16.3. The number of halogens is 1. The molecule has 7 nitrogen and oxygen atoms in total. The van der Waals surface area contributed by atoms with Crippen molar-refractivity contribution in [1.82, 2.24) is 14.9 Å². The van der Waals surface area contributed by atoms with E-state index in [1.165, 1.54) is 11.0 Å². The number of fused-ring (bicyclic) bond motifs is 1. The van der Waals surface area contributed by atoms with Crippen molar-refractivity contribution in [2.24, 2.45) is 0 Å². The highest BCUT2D eigenvalue weighted by molar-refractivity contribution is 6.02. The van der Waals surface area contributed by atoms with E-state index in [2.05, 4.69) is 15.3 Å². The number of hydrogen-bond acceptors (Lipinski definition) is 5. The van der Waals surface area contributed by atoms with Crippen molar-refractivity contribution < 1.29 is 19.0 Å². The van der Waals surface area contributed by atoms with Crippen molar-refractivity contribution >= 4 is 22.6 Å². The third-order valence-corrected chi connectivity index (χ3v) is 5.65. The minimum atomic E-state index is -0.581. The van der Waals surface area contributed by atoms with Crippen molar-refractivity contribution in [1.29, 1.82) is 0 Å². The summed E-state index contributed by atoms with van der Waals surface area (Å²) in [5.74, 6) is -0.201. The summed E-state index contributed by atoms with van der Waals surface area (Å²) in [7, 11) is 4.84. The van der Waals surface area contributed by atoms with Gasteiger partial charge in [0, 0.05) is 54.6 Å². The molecule has 0 aliphatic heterocycles. The van der Waals surface area contributed by atoms with Gasteiger partial charge >= 0.3 is 0 Å². The maximum absolute atomic E-state index is 15.3. The molecule has 1 unspecified atom stereocenters. The average molecular weight is 463 g/mol. The predicted octanol–water partition coefficient (Wildman–Crippen LogP) is 4.54. The van der Waals surface area contributed by atoms with Gasteiger partial charge in [-0.25, -0.2) is 9.37 Å². The molecule has 0 saturated carbocycles. The fourth-order valence-corrected chi connectivity index (χ4v) is 3.87. The molecule has 1 atom stereocenters. The first kappa shape index (κ1) is 23.3. The molecule has 0 radical (unpaired) electrons. The van der Waals surface area contributed by atoms with Crippen LogP contribution in [0, 0.1) is 5.82 Å². The number of carbonyl (C=O) groups is 1. The number of benzene rings is 2. The van der Waals surface area contributed by atoms with Crippen molar-refractivity contribution in [2.45, 2.75) is 13.0 Å². The molecule has 1 amide bonds. The molecule has 3 N–H and O–H groups in total. The van der Waals surface area contributed by atoms with Crippen LogP contribution in [0.2, 0.25) is 0 Å². The van der Waals surface area contributed by atoms with Crippen molar-refractivity contribution in [3.63, 3.8) is 0 Å². The molecule has 2 heterocycles. The largest absolute Gasteiger partial charge is 0.496 e. The number of aliphatic hydroxyl groups is 1. The molecule has 0 spiro atoms. The number of para-hydroxylation sites is 1. The van der Waals surface area contributed by atoms with Gasteiger partial charge in [-0.1, -0.05) is 18.2 Å². The molecule has 34 heavy (non-hydrogen) atoms. The quantitative estimate of drug-likeness (QED) is 0.375. The minimum Gasteiger partial charge on any atom is -0.496 e. The Kier molecular flexibility index (Phi) is 6.51. The Hall–Kier alpha value is -3.91. The Labute approximate surface area is 197 Å². The third kappa shape index (κ3) is 4.32. The maximum atomic E-state index is 15.3. The van der Waals surface area contributed by atoms with Crippen LogP contribution in [0.4, 0.5) is 10.1 Å². The number of aromatic amines is 1. The van der Waals surface area contributed by atoms with E-state index in [4.69, 9.17) is 4.74 Å². The van der Waals surface area contributed by atoms with Crippen LogP contribution >= 0.6 is 0 Å². The van der Waals surface area contributed by atoms with Gasteiger partial charge in [-0.3, -0.25) is 4.79 Å². The highest BCUT2D eigenvalue weighted by atomic mass is 19.1. The Morgan fingerprint density at radius 1 is 1.21 bits per heavy atom. The highest BCUT2D eigenvalue weighted by Gasteiger charge is 2.21. The topological polar surface area (TPSA) is 90.5 Å².